The van der Waals surface area contributed by atoms with Gasteiger partial charge in [0.2, 0.25) is 0 Å². The molecule has 0 aliphatic carbocycles. The van der Waals surface area contributed by atoms with E-state index < -0.39 is 0 Å². The van der Waals surface area contributed by atoms with Gasteiger partial charge in [-0.05, 0) is 31.5 Å². The third-order valence-corrected chi connectivity index (χ3v) is 2.51. The van der Waals surface area contributed by atoms with Crippen LogP contribution in [0.1, 0.15) is 12.1 Å². The molecule has 0 radical (unpaired) electrons. The van der Waals surface area contributed by atoms with Crippen LogP contribution in [0.25, 0.3) is 5.69 Å². The molecule has 0 bridgehead atoms. The molecule has 0 spiro atoms. The van der Waals surface area contributed by atoms with Gasteiger partial charge in [-0.15, -0.1) is 5.10 Å². The van der Waals surface area contributed by atoms with Crippen LogP contribution in [-0.2, 0) is 6.42 Å². The van der Waals surface area contributed by atoms with Crippen molar-refractivity contribution in [1.29, 1.82) is 0 Å². The van der Waals surface area contributed by atoms with Crippen LogP contribution in [0.2, 0.25) is 0 Å². The lowest BCUT2D eigenvalue weighted by Gasteiger charge is -2.06. The van der Waals surface area contributed by atoms with Crippen molar-refractivity contribution >= 4 is 0 Å². The van der Waals surface area contributed by atoms with Crippen molar-refractivity contribution in [3.63, 3.8) is 0 Å². The maximum atomic E-state index is 5.46. The van der Waals surface area contributed by atoms with E-state index in [1.807, 2.05) is 30.5 Å². The zero-order valence-corrected chi connectivity index (χ0v) is 9.84. The molecule has 2 N–H and O–H groups in total. The normalized spacial score (nSPS) is 10.5. The number of hydrogen-bond donors (Lipinski definition) is 1. The standard InChI is InChI=1S/C12H16N4O/c1-17-12-7-3-2-6-11(12)16-9-10(14-15-16)5-4-8-13/h2-3,6-7,9H,4-5,8,13H2,1H3. The third kappa shape index (κ3) is 2.62. The third-order valence-electron chi connectivity index (χ3n) is 2.51. The van der Waals surface area contributed by atoms with E-state index >= 15 is 0 Å². The van der Waals surface area contributed by atoms with E-state index in [1.165, 1.54) is 0 Å². The lowest BCUT2D eigenvalue weighted by molar-refractivity contribution is 0.411. The number of nitrogens with two attached hydrogens (primary N) is 1. The molecule has 90 valence electrons. The average molecular weight is 232 g/mol. The summed E-state index contributed by atoms with van der Waals surface area (Å²) in [6, 6.07) is 7.71. The minimum absolute atomic E-state index is 0.668. The maximum Gasteiger partial charge on any atom is 0.144 e. The Morgan fingerprint density at radius 1 is 1.35 bits per heavy atom. The summed E-state index contributed by atoms with van der Waals surface area (Å²) in [5.74, 6) is 0.780. The molecular weight excluding hydrogens is 216 g/mol. The van der Waals surface area contributed by atoms with Gasteiger partial charge in [0, 0.05) is 0 Å². The number of nitrogens with zero attached hydrogens (tertiary/aromatic N) is 3. The molecule has 5 nitrogen and oxygen atoms in total. The molecule has 0 unspecified atom stereocenters. The second-order valence-electron chi connectivity index (χ2n) is 3.72. The van der Waals surface area contributed by atoms with Gasteiger partial charge < -0.3 is 10.5 Å². The molecular formula is C12H16N4O. The van der Waals surface area contributed by atoms with E-state index in [2.05, 4.69) is 10.3 Å². The topological polar surface area (TPSA) is 66.0 Å². The van der Waals surface area contributed by atoms with Crippen molar-refractivity contribution in [2.24, 2.45) is 5.73 Å². The minimum Gasteiger partial charge on any atom is -0.494 e. The highest BCUT2D eigenvalue weighted by molar-refractivity contribution is 5.45. The van der Waals surface area contributed by atoms with Crippen LogP contribution >= 0.6 is 0 Å². The summed E-state index contributed by atoms with van der Waals surface area (Å²) in [6.45, 7) is 0.668. The van der Waals surface area contributed by atoms with Gasteiger partial charge in [-0.25, -0.2) is 4.68 Å². The predicted octanol–water partition coefficient (Wildman–Crippen LogP) is 1.17. The summed E-state index contributed by atoms with van der Waals surface area (Å²) < 4.78 is 7.01. The fourth-order valence-electron chi connectivity index (χ4n) is 1.63. The van der Waals surface area contributed by atoms with Crippen LogP contribution in [0.15, 0.2) is 30.5 Å². The largest absolute Gasteiger partial charge is 0.494 e. The van der Waals surface area contributed by atoms with Gasteiger partial charge in [0.15, 0.2) is 0 Å². The Balaban J connectivity index is 2.24. The SMILES string of the molecule is COc1ccccc1-n1cc(CCCN)nn1. The van der Waals surface area contributed by atoms with Crippen molar-refractivity contribution < 1.29 is 4.74 Å². The van der Waals surface area contributed by atoms with Crippen LogP contribution in [-0.4, -0.2) is 28.6 Å². The molecule has 5 heteroatoms. The molecule has 0 saturated heterocycles. The molecule has 17 heavy (non-hydrogen) atoms. The molecule has 1 aromatic heterocycles. The first kappa shape index (κ1) is 11.6. The summed E-state index contributed by atoms with van der Waals surface area (Å²) in [5, 5.41) is 8.20. The van der Waals surface area contributed by atoms with Gasteiger partial charge in [0.1, 0.15) is 11.4 Å². The quantitative estimate of drug-likeness (QED) is 0.840. The average Bonchev–Trinajstić information content (AvgIpc) is 2.85. The second kappa shape index (κ2) is 5.45. The van der Waals surface area contributed by atoms with Crippen LogP contribution in [0.5, 0.6) is 5.75 Å². The first-order chi connectivity index (χ1) is 8.35. The Morgan fingerprint density at radius 3 is 2.94 bits per heavy atom. The smallest absolute Gasteiger partial charge is 0.144 e. The van der Waals surface area contributed by atoms with E-state index in [1.54, 1.807) is 11.8 Å². The minimum atomic E-state index is 0.668. The Hall–Kier alpha value is -1.88. The zero-order chi connectivity index (χ0) is 12.1. The van der Waals surface area contributed by atoms with Gasteiger partial charge in [0.25, 0.3) is 0 Å². The second-order valence-corrected chi connectivity index (χ2v) is 3.72. The highest BCUT2D eigenvalue weighted by Gasteiger charge is 2.06. The monoisotopic (exact) mass is 232 g/mol. The molecule has 0 fully saturated rings. The molecule has 1 aromatic carbocycles. The number of hydrogen-bond acceptors (Lipinski definition) is 4. The van der Waals surface area contributed by atoms with Crippen molar-refractivity contribution in [3.8, 4) is 11.4 Å². The fraction of sp³-hybridized carbons (Fsp3) is 0.333. The van der Waals surface area contributed by atoms with Crippen LogP contribution in [0.3, 0.4) is 0 Å². The van der Waals surface area contributed by atoms with E-state index in [-0.39, 0.29) is 0 Å². The number of para-hydroxylation sites is 2. The Bertz CT molecular complexity index is 481. The molecule has 0 aliphatic heterocycles. The maximum absolute atomic E-state index is 5.46. The summed E-state index contributed by atoms with van der Waals surface area (Å²) in [6.07, 6.45) is 3.68. The van der Waals surface area contributed by atoms with Crippen molar-refractivity contribution in [3.05, 3.63) is 36.2 Å². The zero-order valence-electron chi connectivity index (χ0n) is 9.84. The van der Waals surface area contributed by atoms with E-state index in [4.69, 9.17) is 10.5 Å². The summed E-state index contributed by atoms with van der Waals surface area (Å²) >= 11 is 0. The van der Waals surface area contributed by atoms with Crippen molar-refractivity contribution in [2.75, 3.05) is 13.7 Å². The Labute approximate surface area is 100 Å². The van der Waals surface area contributed by atoms with Crippen LogP contribution in [0.4, 0.5) is 0 Å². The number of aryl methyl sites for hydroxylation is 1. The Morgan fingerprint density at radius 2 is 2.18 bits per heavy atom. The van der Waals surface area contributed by atoms with Crippen LogP contribution < -0.4 is 10.5 Å². The molecule has 0 saturated carbocycles. The fourth-order valence-corrected chi connectivity index (χ4v) is 1.63. The molecule has 0 amide bonds. The Kier molecular flexibility index (Phi) is 3.72. The molecule has 2 aromatic rings. The van der Waals surface area contributed by atoms with E-state index in [0.29, 0.717) is 6.54 Å². The number of benzene rings is 1. The molecule has 0 atom stereocenters. The van der Waals surface area contributed by atoms with Crippen molar-refractivity contribution in [2.45, 2.75) is 12.8 Å². The number of ether oxygens (including phenoxy) is 1. The highest BCUT2D eigenvalue weighted by Crippen LogP contribution is 2.21. The van der Waals surface area contributed by atoms with Gasteiger partial charge in [-0.3, -0.25) is 0 Å². The molecule has 2 rings (SSSR count). The van der Waals surface area contributed by atoms with Crippen molar-refractivity contribution in [1.82, 2.24) is 15.0 Å². The van der Waals surface area contributed by atoms with Gasteiger partial charge >= 0.3 is 0 Å². The summed E-state index contributed by atoms with van der Waals surface area (Å²) in [5.41, 5.74) is 7.30. The van der Waals surface area contributed by atoms with Gasteiger partial charge in [-0.1, -0.05) is 17.3 Å². The van der Waals surface area contributed by atoms with Gasteiger partial charge in [-0.2, -0.15) is 0 Å². The number of aromatic nitrogens is 3. The van der Waals surface area contributed by atoms with Gasteiger partial charge in [0.05, 0.1) is 19.0 Å². The molecule has 0 aliphatic rings. The number of rotatable bonds is 5. The first-order valence-corrected chi connectivity index (χ1v) is 5.60. The predicted molar refractivity (Wildman–Crippen MR) is 65.3 cm³/mol. The number of methoxy groups -OCH3 is 1. The molecule has 1 heterocycles. The summed E-state index contributed by atoms with van der Waals surface area (Å²) in [4.78, 5) is 0. The highest BCUT2D eigenvalue weighted by atomic mass is 16.5. The lowest BCUT2D eigenvalue weighted by atomic mass is 10.2. The lowest BCUT2D eigenvalue weighted by Crippen LogP contribution is -2.00. The summed E-state index contributed by atoms with van der Waals surface area (Å²) in [7, 11) is 1.64. The van der Waals surface area contributed by atoms with E-state index in [9.17, 15) is 0 Å². The van der Waals surface area contributed by atoms with Crippen LogP contribution in [0, 0.1) is 0 Å². The first-order valence-electron chi connectivity index (χ1n) is 5.60. The van der Waals surface area contributed by atoms with E-state index in [0.717, 1.165) is 30.0 Å².